The Balaban J connectivity index is 3.30. The van der Waals surface area contributed by atoms with Crippen LogP contribution in [0, 0.1) is 0 Å². The van der Waals surface area contributed by atoms with Gasteiger partial charge in [-0.25, -0.2) is 4.79 Å². The van der Waals surface area contributed by atoms with Crippen LogP contribution in [0.2, 0.25) is 0 Å². The molecule has 0 unspecified atom stereocenters. The Kier molecular flexibility index (Phi) is 4.37. The van der Waals surface area contributed by atoms with Crippen molar-refractivity contribution in [3.8, 4) is 11.5 Å². The van der Waals surface area contributed by atoms with Gasteiger partial charge in [0.15, 0.2) is 11.5 Å². The number of allylic oxidation sites excluding steroid dienone is 1. The van der Waals surface area contributed by atoms with Gasteiger partial charge < -0.3 is 20.1 Å². The third kappa shape index (κ3) is 2.82. The molecule has 1 aromatic carbocycles. The molecule has 0 aliphatic carbocycles. The van der Waals surface area contributed by atoms with E-state index < -0.39 is 5.97 Å². The maximum atomic E-state index is 11.0. The number of aliphatic carboxylic acids is 1. The first-order chi connectivity index (χ1) is 8.51. The van der Waals surface area contributed by atoms with Crippen molar-refractivity contribution < 1.29 is 24.9 Å². The fraction of sp³-hybridized carbons (Fsp3) is 0.154. The summed E-state index contributed by atoms with van der Waals surface area (Å²) in [6, 6.07) is 4.08. The Morgan fingerprint density at radius 1 is 1.44 bits per heavy atom. The molecule has 0 aromatic heterocycles. The lowest BCUT2D eigenvalue weighted by molar-refractivity contribution is -0.132. The highest BCUT2D eigenvalue weighted by molar-refractivity contribution is 5.94. The molecule has 5 nitrogen and oxygen atoms in total. The summed E-state index contributed by atoms with van der Waals surface area (Å²) in [6.07, 6.45) is 1.42. The minimum Gasteiger partial charge on any atom is -0.507 e. The number of rotatable bonds is 5. The van der Waals surface area contributed by atoms with Crippen molar-refractivity contribution in [2.24, 2.45) is 0 Å². The Labute approximate surface area is 104 Å². The standard InChI is InChI=1S/C13H14O5/c1-3-4-9(13(16)17)12(15)8-5-6-10(14)11(7-8)18-2/h3,5-7,14-15H,1,4H2,2H3,(H,16,17). The minimum atomic E-state index is -1.22. The number of carboxylic acids is 1. The van der Waals surface area contributed by atoms with Gasteiger partial charge in [0.25, 0.3) is 0 Å². The first kappa shape index (κ1) is 13.6. The second-order valence-corrected chi connectivity index (χ2v) is 3.51. The molecule has 0 aliphatic rings. The summed E-state index contributed by atoms with van der Waals surface area (Å²) in [5.41, 5.74) is 0.0849. The van der Waals surface area contributed by atoms with Crippen LogP contribution in [0.15, 0.2) is 36.4 Å². The van der Waals surface area contributed by atoms with Crippen LogP contribution in [0.1, 0.15) is 12.0 Å². The summed E-state index contributed by atoms with van der Waals surface area (Å²) in [5.74, 6) is -1.53. The predicted molar refractivity (Wildman–Crippen MR) is 66.7 cm³/mol. The highest BCUT2D eigenvalue weighted by atomic mass is 16.5. The number of carbonyl (C=O) groups is 1. The van der Waals surface area contributed by atoms with Gasteiger partial charge >= 0.3 is 5.97 Å². The van der Waals surface area contributed by atoms with E-state index in [2.05, 4.69) is 6.58 Å². The van der Waals surface area contributed by atoms with Crippen LogP contribution in [0.25, 0.3) is 5.76 Å². The highest BCUT2D eigenvalue weighted by Crippen LogP contribution is 2.30. The summed E-state index contributed by atoms with van der Waals surface area (Å²) in [6.45, 7) is 3.43. The molecule has 1 aromatic rings. The van der Waals surface area contributed by atoms with Crippen molar-refractivity contribution in [2.45, 2.75) is 6.42 Å². The maximum absolute atomic E-state index is 11.0. The van der Waals surface area contributed by atoms with Gasteiger partial charge in [0.05, 0.1) is 12.7 Å². The van der Waals surface area contributed by atoms with E-state index in [0.717, 1.165) is 0 Å². The molecular formula is C13H14O5. The first-order valence-corrected chi connectivity index (χ1v) is 5.15. The van der Waals surface area contributed by atoms with Crippen molar-refractivity contribution in [1.29, 1.82) is 0 Å². The number of aliphatic hydroxyl groups excluding tert-OH is 1. The number of hydrogen-bond donors (Lipinski definition) is 3. The molecule has 0 heterocycles. The van der Waals surface area contributed by atoms with Gasteiger partial charge in [0.2, 0.25) is 0 Å². The molecule has 18 heavy (non-hydrogen) atoms. The molecule has 0 fully saturated rings. The third-order valence-electron chi connectivity index (χ3n) is 2.35. The Morgan fingerprint density at radius 2 is 2.11 bits per heavy atom. The monoisotopic (exact) mass is 250 g/mol. The molecule has 3 N–H and O–H groups in total. The quantitative estimate of drug-likeness (QED) is 0.424. The van der Waals surface area contributed by atoms with Gasteiger partial charge in [-0.3, -0.25) is 0 Å². The fourth-order valence-electron chi connectivity index (χ4n) is 1.43. The van der Waals surface area contributed by atoms with Gasteiger partial charge in [-0.1, -0.05) is 6.08 Å². The lowest BCUT2D eigenvalue weighted by Crippen LogP contribution is -2.03. The van der Waals surface area contributed by atoms with Gasteiger partial charge in [0.1, 0.15) is 5.76 Å². The van der Waals surface area contributed by atoms with E-state index >= 15 is 0 Å². The number of hydrogen-bond acceptors (Lipinski definition) is 4. The molecule has 5 heteroatoms. The third-order valence-corrected chi connectivity index (χ3v) is 2.35. The van der Waals surface area contributed by atoms with E-state index in [1.165, 1.54) is 31.4 Å². The number of ether oxygens (including phenoxy) is 1. The second-order valence-electron chi connectivity index (χ2n) is 3.51. The molecule has 0 saturated heterocycles. The largest absolute Gasteiger partial charge is 0.507 e. The number of aliphatic hydroxyl groups is 1. The second kappa shape index (κ2) is 5.77. The van der Waals surface area contributed by atoms with Crippen molar-refractivity contribution in [3.63, 3.8) is 0 Å². The van der Waals surface area contributed by atoms with E-state index in [1.807, 2.05) is 0 Å². The number of phenolic OH excluding ortho intramolecular Hbond substituents is 1. The zero-order valence-corrected chi connectivity index (χ0v) is 9.88. The zero-order valence-electron chi connectivity index (χ0n) is 9.88. The SMILES string of the molecule is C=CCC(C(=O)O)=C(O)c1ccc(O)c(OC)c1. The van der Waals surface area contributed by atoms with Crippen LogP contribution in [0.3, 0.4) is 0 Å². The summed E-state index contributed by atoms with van der Waals surface area (Å²) in [4.78, 5) is 11.0. The normalized spacial score (nSPS) is 11.6. The van der Waals surface area contributed by atoms with Gasteiger partial charge in [-0.15, -0.1) is 6.58 Å². The highest BCUT2D eigenvalue weighted by Gasteiger charge is 2.15. The van der Waals surface area contributed by atoms with E-state index in [4.69, 9.17) is 9.84 Å². The average molecular weight is 250 g/mol. The molecule has 0 radical (unpaired) electrons. The summed E-state index contributed by atoms with van der Waals surface area (Å²) < 4.78 is 4.88. The predicted octanol–water partition coefficient (Wildman–Crippen LogP) is 2.33. The lowest BCUT2D eigenvalue weighted by atomic mass is 10.1. The Morgan fingerprint density at radius 3 is 2.61 bits per heavy atom. The summed E-state index contributed by atoms with van der Waals surface area (Å²) in [7, 11) is 1.36. The van der Waals surface area contributed by atoms with Crippen LogP contribution in [-0.4, -0.2) is 28.4 Å². The molecule has 0 saturated carbocycles. The zero-order chi connectivity index (χ0) is 13.7. The topological polar surface area (TPSA) is 87.0 Å². The van der Waals surface area contributed by atoms with Crippen molar-refractivity contribution >= 4 is 11.7 Å². The number of aromatic hydroxyl groups is 1. The van der Waals surface area contributed by atoms with Crippen LogP contribution < -0.4 is 4.74 Å². The Hall–Kier alpha value is -2.43. The van der Waals surface area contributed by atoms with E-state index in [1.54, 1.807) is 0 Å². The van der Waals surface area contributed by atoms with Crippen LogP contribution in [-0.2, 0) is 4.79 Å². The van der Waals surface area contributed by atoms with Crippen LogP contribution >= 0.6 is 0 Å². The average Bonchev–Trinajstić information content (AvgIpc) is 2.35. The van der Waals surface area contributed by atoms with Crippen molar-refractivity contribution in [3.05, 3.63) is 42.0 Å². The number of benzene rings is 1. The molecule has 0 spiro atoms. The van der Waals surface area contributed by atoms with Gasteiger partial charge in [0, 0.05) is 12.0 Å². The molecule has 96 valence electrons. The number of carboxylic acid groups (broad SMARTS) is 1. The molecule has 1 rings (SSSR count). The molecule has 0 bridgehead atoms. The number of methoxy groups -OCH3 is 1. The first-order valence-electron chi connectivity index (χ1n) is 5.15. The van der Waals surface area contributed by atoms with Gasteiger partial charge in [-0.2, -0.15) is 0 Å². The molecular weight excluding hydrogens is 236 g/mol. The Bertz CT molecular complexity index is 502. The van der Waals surface area contributed by atoms with E-state index in [0.29, 0.717) is 0 Å². The summed E-state index contributed by atoms with van der Waals surface area (Å²) >= 11 is 0. The summed E-state index contributed by atoms with van der Waals surface area (Å²) in [5, 5.41) is 28.3. The van der Waals surface area contributed by atoms with Gasteiger partial charge in [-0.05, 0) is 18.2 Å². The molecule has 0 aliphatic heterocycles. The lowest BCUT2D eigenvalue weighted by Gasteiger charge is -2.08. The maximum Gasteiger partial charge on any atom is 0.335 e. The van der Waals surface area contributed by atoms with Crippen LogP contribution in [0.4, 0.5) is 0 Å². The van der Waals surface area contributed by atoms with Crippen LogP contribution in [0.5, 0.6) is 11.5 Å². The molecule has 0 amide bonds. The van der Waals surface area contributed by atoms with E-state index in [9.17, 15) is 15.0 Å². The van der Waals surface area contributed by atoms with E-state index in [-0.39, 0.29) is 34.8 Å². The molecule has 0 atom stereocenters. The van der Waals surface area contributed by atoms with Crippen molar-refractivity contribution in [1.82, 2.24) is 0 Å². The number of phenols is 1. The smallest absolute Gasteiger partial charge is 0.335 e. The fourth-order valence-corrected chi connectivity index (χ4v) is 1.43. The minimum absolute atomic E-state index is 0.0321. The van der Waals surface area contributed by atoms with Crippen molar-refractivity contribution in [2.75, 3.05) is 7.11 Å².